The van der Waals surface area contributed by atoms with Gasteiger partial charge in [0.05, 0.1) is 19.8 Å². The Bertz CT molecular complexity index is 1100. The van der Waals surface area contributed by atoms with Gasteiger partial charge in [0.15, 0.2) is 17.3 Å². The van der Waals surface area contributed by atoms with Crippen molar-refractivity contribution in [1.82, 2.24) is 10.1 Å². The lowest BCUT2D eigenvalue weighted by Crippen LogP contribution is -2.24. The topological polar surface area (TPSA) is 77.7 Å². The molecule has 0 aliphatic carbocycles. The normalized spacial score (nSPS) is 16.6. The highest BCUT2D eigenvalue weighted by Gasteiger charge is 2.35. The molecule has 7 nitrogen and oxygen atoms in total. The number of ether oxygens (including phenoxy) is 2. The SMILES string of the molecule is COc1ccc(N2CC(c3noc(-c4ccc(C(F)(F)F)cc4)n3)CC2=O)cc1OC. The van der Waals surface area contributed by atoms with Crippen LogP contribution in [0, 0.1) is 0 Å². The second-order valence-corrected chi connectivity index (χ2v) is 6.98. The van der Waals surface area contributed by atoms with Crippen LogP contribution in [0.25, 0.3) is 11.5 Å². The fraction of sp³-hybridized carbons (Fsp3) is 0.286. The van der Waals surface area contributed by atoms with Gasteiger partial charge in [0, 0.05) is 36.2 Å². The van der Waals surface area contributed by atoms with E-state index in [-0.39, 0.29) is 24.1 Å². The average molecular weight is 433 g/mol. The van der Waals surface area contributed by atoms with E-state index in [0.717, 1.165) is 12.1 Å². The maximum atomic E-state index is 12.7. The van der Waals surface area contributed by atoms with Crippen LogP contribution in [-0.4, -0.2) is 36.8 Å². The Morgan fingerprint density at radius 3 is 2.42 bits per heavy atom. The summed E-state index contributed by atoms with van der Waals surface area (Å²) in [6, 6.07) is 9.64. The third-order valence-corrected chi connectivity index (χ3v) is 5.07. The van der Waals surface area contributed by atoms with Gasteiger partial charge in [0.25, 0.3) is 5.89 Å². The number of rotatable bonds is 5. The first-order chi connectivity index (χ1) is 14.8. The van der Waals surface area contributed by atoms with Gasteiger partial charge >= 0.3 is 6.18 Å². The Labute approximate surface area is 175 Å². The number of hydrogen-bond donors (Lipinski definition) is 0. The first-order valence-corrected chi connectivity index (χ1v) is 9.33. The number of carbonyl (C=O) groups is 1. The van der Waals surface area contributed by atoms with Crippen molar-refractivity contribution in [3.05, 3.63) is 53.9 Å². The molecule has 10 heteroatoms. The molecule has 0 bridgehead atoms. The minimum absolute atomic E-state index is 0.0979. The summed E-state index contributed by atoms with van der Waals surface area (Å²) in [6.07, 6.45) is -4.24. The molecule has 0 radical (unpaired) electrons. The smallest absolute Gasteiger partial charge is 0.416 e. The van der Waals surface area contributed by atoms with Crippen molar-refractivity contribution >= 4 is 11.6 Å². The van der Waals surface area contributed by atoms with Gasteiger partial charge in [0.2, 0.25) is 5.91 Å². The van der Waals surface area contributed by atoms with Gasteiger partial charge in [-0.1, -0.05) is 5.16 Å². The summed E-state index contributed by atoms with van der Waals surface area (Å²) in [4.78, 5) is 18.5. The van der Waals surface area contributed by atoms with Gasteiger partial charge in [0.1, 0.15) is 0 Å². The zero-order valence-electron chi connectivity index (χ0n) is 16.6. The second kappa shape index (κ2) is 7.93. The molecule has 1 aliphatic heterocycles. The van der Waals surface area contributed by atoms with Crippen LogP contribution in [0.2, 0.25) is 0 Å². The Hall–Kier alpha value is -3.56. The third kappa shape index (κ3) is 4.05. The van der Waals surface area contributed by atoms with Crippen molar-refractivity contribution in [3.63, 3.8) is 0 Å². The van der Waals surface area contributed by atoms with Crippen molar-refractivity contribution in [3.8, 4) is 23.0 Å². The number of hydrogen-bond acceptors (Lipinski definition) is 6. The van der Waals surface area contributed by atoms with Crippen LogP contribution in [0.4, 0.5) is 18.9 Å². The molecule has 2 heterocycles. The van der Waals surface area contributed by atoms with Crippen LogP contribution >= 0.6 is 0 Å². The summed E-state index contributed by atoms with van der Waals surface area (Å²) in [5.74, 6) is 1.05. The largest absolute Gasteiger partial charge is 0.493 e. The van der Waals surface area contributed by atoms with Crippen LogP contribution in [-0.2, 0) is 11.0 Å². The quantitative estimate of drug-likeness (QED) is 0.597. The number of carbonyl (C=O) groups excluding carboxylic acids is 1. The van der Waals surface area contributed by atoms with E-state index < -0.39 is 11.7 Å². The predicted octanol–water partition coefficient (Wildman–Crippen LogP) is 4.29. The number of methoxy groups -OCH3 is 2. The van der Waals surface area contributed by atoms with Gasteiger partial charge in [-0.15, -0.1) is 0 Å². The van der Waals surface area contributed by atoms with E-state index in [1.807, 2.05) is 0 Å². The molecule has 0 spiro atoms. The summed E-state index contributed by atoms with van der Waals surface area (Å²) >= 11 is 0. The summed E-state index contributed by atoms with van der Waals surface area (Å²) in [6.45, 7) is 0.334. The average Bonchev–Trinajstić information content (AvgIpc) is 3.39. The van der Waals surface area contributed by atoms with E-state index in [0.29, 0.717) is 35.1 Å². The molecule has 0 saturated carbocycles. The van der Waals surface area contributed by atoms with Crippen LogP contribution in [0.3, 0.4) is 0 Å². The number of aromatic nitrogens is 2. The Morgan fingerprint density at radius 2 is 1.77 bits per heavy atom. The molecule has 31 heavy (non-hydrogen) atoms. The summed E-state index contributed by atoms with van der Waals surface area (Å²) in [5.41, 5.74) is 0.257. The van der Waals surface area contributed by atoms with Crippen LogP contribution in [0.1, 0.15) is 23.7 Å². The van der Waals surface area contributed by atoms with Gasteiger partial charge in [-0.2, -0.15) is 18.2 Å². The maximum Gasteiger partial charge on any atom is 0.416 e. The van der Waals surface area contributed by atoms with Crippen molar-refractivity contribution in [1.29, 1.82) is 0 Å². The van der Waals surface area contributed by atoms with Crippen molar-refractivity contribution in [2.24, 2.45) is 0 Å². The van der Waals surface area contributed by atoms with Crippen molar-refractivity contribution in [2.75, 3.05) is 25.7 Å². The molecule has 1 atom stereocenters. The van der Waals surface area contributed by atoms with Crippen molar-refractivity contribution < 1.29 is 32.0 Å². The standard InChI is InChI=1S/C21H18F3N3O4/c1-29-16-8-7-15(10-17(16)30-2)27-11-13(9-18(27)28)19-25-20(31-26-19)12-3-5-14(6-4-12)21(22,23)24/h3-8,10,13H,9,11H2,1-2H3. The molecule has 0 N–H and O–H groups in total. The zero-order valence-corrected chi connectivity index (χ0v) is 16.6. The molecule has 1 unspecified atom stereocenters. The predicted molar refractivity (Wildman–Crippen MR) is 104 cm³/mol. The molecule has 1 saturated heterocycles. The lowest BCUT2D eigenvalue weighted by molar-refractivity contribution is -0.137. The fourth-order valence-corrected chi connectivity index (χ4v) is 3.44. The van der Waals surface area contributed by atoms with Gasteiger partial charge in [-0.3, -0.25) is 4.79 Å². The summed E-state index contributed by atoms with van der Waals surface area (Å²) in [5, 5.41) is 3.94. The highest BCUT2D eigenvalue weighted by molar-refractivity contribution is 5.96. The van der Waals surface area contributed by atoms with Crippen LogP contribution in [0.15, 0.2) is 47.0 Å². The van der Waals surface area contributed by atoms with E-state index in [4.69, 9.17) is 14.0 Å². The molecule has 1 amide bonds. The summed E-state index contributed by atoms with van der Waals surface area (Å²) in [7, 11) is 3.04. The lowest BCUT2D eigenvalue weighted by Gasteiger charge is -2.18. The molecule has 1 aromatic heterocycles. The highest BCUT2D eigenvalue weighted by atomic mass is 19.4. The molecule has 1 aliphatic rings. The van der Waals surface area contributed by atoms with E-state index in [9.17, 15) is 18.0 Å². The van der Waals surface area contributed by atoms with Crippen LogP contribution < -0.4 is 14.4 Å². The van der Waals surface area contributed by atoms with E-state index >= 15 is 0 Å². The Morgan fingerprint density at radius 1 is 1.06 bits per heavy atom. The molecule has 3 aromatic rings. The van der Waals surface area contributed by atoms with Crippen molar-refractivity contribution in [2.45, 2.75) is 18.5 Å². The third-order valence-electron chi connectivity index (χ3n) is 5.07. The number of benzene rings is 2. The number of anilines is 1. The number of amides is 1. The first kappa shape index (κ1) is 20.7. The van der Waals surface area contributed by atoms with Crippen LogP contribution in [0.5, 0.6) is 11.5 Å². The Kier molecular flexibility index (Phi) is 5.30. The Balaban J connectivity index is 1.52. The first-order valence-electron chi connectivity index (χ1n) is 9.33. The molecule has 2 aromatic carbocycles. The summed E-state index contributed by atoms with van der Waals surface area (Å²) < 4.78 is 53.9. The number of halogens is 3. The van der Waals surface area contributed by atoms with Gasteiger partial charge in [-0.05, 0) is 36.4 Å². The molecular formula is C21H18F3N3O4. The maximum absolute atomic E-state index is 12.7. The number of alkyl halides is 3. The van der Waals surface area contributed by atoms with E-state index in [1.54, 1.807) is 23.1 Å². The minimum atomic E-state index is -4.42. The lowest BCUT2D eigenvalue weighted by atomic mass is 10.1. The minimum Gasteiger partial charge on any atom is -0.493 e. The highest BCUT2D eigenvalue weighted by Crippen LogP contribution is 2.36. The molecular weight excluding hydrogens is 415 g/mol. The van der Waals surface area contributed by atoms with E-state index in [1.165, 1.54) is 26.4 Å². The molecule has 1 fully saturated rings. The monoisotopic (exact) mass is 433 g/mol. The number of nitrogens with zero attached hydrogens (tertiary/aromatic N) is 3. The zero-order chi connectivity index (χ0) is 22.2. The molecule has 4 rings (SSSR count). The van der Waals surface area contributed by atoms with Gasteiger partial charge < -0.3 is 18.9 Å². The fourth-order valence-electron chi connectivity index (χ4n) is 3.44. The van der Waals surface area contributed by atoms with E-state index in [2.05, 4.69) is 10.1 Å². The van der Waals surface area contributed by atoms with Gasteiger partial charge in [-0.25, -0.2) is 0 Å². The molecule has 162 valence electrons. The second-order valence-electron chi connectivity index (χ2n) is 6.98.